The van der Waals surface area contributed by atoms with Crippen molar-refractivity contribution in [3.8, 4) is 0 Å². The Balaban J connectivity index is 1.64. The summed E-state index contributed by atoms with van der Waals surface area (Å²) in [7, 11) is 0. The van der Waals surface area contributed by atoms with Crippen molar-refractivity contribution in [3.05, 3.63) is 41.3 Å². The number of nitrogens with zero attached hydrogens (tertiary/aromatic N) is 1. The van der Waals surface area contributed by atoms with Crippen LogP contribution in [0.25, 0.3) is 0 Å². The van der Waals surface area contributed by atoms with Crippen molar-refractivity contribution < 1.29 is 4.79 Å². The van der Waals surface area contributed by atoms with Crippen LogP contribution in [-0.4, -0.2) is 30.3 Å². The van der Waals surface area contributed by atoms with Gasteiger partial charge in [-0.25, -0.2) is 0 Å². The average Bonchev–Trinajstić information content (AvgIpc) is 2.47. The normalized spacial score (nSPS) is 16.1. The molecule has 0 saturated carbocycles. The van der Waals surface area contributed by atoms with Gasteiger partial charge < -0.3 is 4.90 Å². The molecule has 1 aliphatic heterocycles. The van der Waals surface area contributed by atoms with Crippen molar-refractivity contribution in [2.45, 2.75) is 52.4 Å². The minimum absolute atomic E-state index is 0.306. The zero-order valence-corrected chi connectivity index (χ0v) is 13.5. The molecule has 0 aromatic heterocycles. The highest BCUT2D eigenvalue weighted by Crippen LogP contribution is 2.15. The number of aryl methyl sites for hydroxylation is 2. The summed E-state index contributed by atoms with van der Waals surface area (Å²) >= 11 is 0. The van der Waals surface area contributed by atoms with E-state index >= 15 is 0 Å². The van der Waals surface area contributed by atoms with E-state index in [1.54, 1.807) is 0 Å². The molecule has 2 rings (SSSR count). The maximum atomic E-state index is 12.2. The number of benzene rings is 1. The number of hydrogen-bond donors (Lipinski definition) is 0. The summed E-state index contributed by atoms with van der Waals surface area (Å²) in [6, 6.07) is 6.12. The van der Waals surface area contributed by atoms with Crippen molar-refractivity contribution in [1.29, 1.82) is 0 Å². The summed E-state index contributed by atoms with van der Waals surface area (Å²) in [6.45, 7) is 7.75. The molecule has 0 aliphatic carbocycles. The molecule has 1 aromatic carbocycles. The SMILES string of the molecule is Cc1ccc(C(=O)CCCCCN2CC[CH]CC2)c(C)c1. The molecule has 0 amide bonds. The van der Waals surface area contributed by atoms with Crippen LogP contribution in [0.3, 0.4) is 0 Å². The zero-order chi connectivity index (χ0) is 15.1. The lowest BCUT2D eigenvalue weighted by Crippen LogP contribution is -2.30. The molecular formula is C19H28NO. The summed E-state index contributed by atoms with van der Waals surface area (Å²) < 4.78 is 0. The third kappa shape index (κ3) is 5.28. The fourth-order valence-corrected chi connectivity index (χ4v) is 3.09. The molecular weight excluding hydrogens is 258 g/mol. The molecule has 1 aromatic rings. The first-order chi connectivity index (χ1) is 10.2. The Morgan fingerprint density at radius 3 is 2.57 bits per heavy atom. The van der Waals surface area contributed by atoms with Crippen molar-refractivity contribution >= 4 is 5.78 Å². The number of hydrogen-bond acceptors (Lipinski definition) is 2. The van der Waals surface area contributed by atoms with Crippen molar-refractivity contribution in [2.75, 3.05) is 19.6 Å². The fraction of sp³-hybridized carbons (Fsp3) is 0.579. The van der Waals surface area contributed by atoms with E-state index in [0.29, 0.717) is 12.2 Å². The number of rotatable bonds is 7. The van der Waals surface area contributed by atoms with E-state index in [1.165, 1.54) is 44.5 Å². The van der Waals surface area contributed by atoms with Gasteiger partial charge in [0.1, 0.15) is 0 Å². The minimum atomic E-state index is 0.306. The van der Waals surface area contributed by atoms with Gasteiger partial charge in [-0.1, -0.05) is 30.2 Å². The van der Waals surface area contributed by atoms with Crippen LogP contribution >= 0.6 is 0 Å². The molecule has 1 saturated heterocycles. The second-order valence-electron chi connectivity index (χ2n) is 6.26. The highest BCUT2D eigenvalue weighted by atomic mass is 16.1. The first-order valence-corrected chi connectivity index (χ1v) is 8.31. The lowest BCUT2D eigenvalue weighted by atomic mass is 9.98. The quantitative estimate of drug-likeness (QED) is 0.549. The second-order valence-corrected chi connectivity index (χ2v) is 6.26. The van der Waals surface area contributed by atoms with E-state index in [4.69, 9.17) is 0 Å². The number of carbonyl (C=O) groups is 1. The summed E-state index contributed by atoms with van der Waals surface area (Å²) in [6.07, 6.45) is 8.97. The third-order valence-electron chi connectivity index (χ3n) is 4.36. The third-order valence-corrected chi connectivity index (χ3v) is 4.36. The minimum Gasteiger partial charge on any atom is -0.303 e. The molecule has 2 nitrogen and oxygen atoms in total. The van der Waals surface area contributed by atoms with E-state index in [2.05, 4.69) is 24.3 Å². The van der Waals surface area contributed by atoms with Gasteiger partial charge in [-0.15, -0.1) is 0 Å². The van der Waals surface area contributed by atoms with E-state index in [1.807, 2.05) is 19.1 Å². The Hall–Kier alpha value is -1.15. The maximum Gasteiger partial charge on any atom is 0.163 e. The van der Waals surface area contributed by atoms with Gasteiger partial charge in [0, 0.05) is 12.0 Å². The molecule has 21 heavy (non-hydrogen) atoms. The van der Waals surface area contributed by atoms with Crippen molar-refractivity contribution in [3.63, 3.8) is 0 Å². The van der Waals surface area contributed by atoms with Gasteiger partial charge in [0.15, 0.2) is 5.78 Å². The Morgan fingerprint density at radius 2 is 1.86 bits per heavy atom. The van der Waals surface area contributed by atoms with Crippen LogP contribution in [0.1, 0.15) is 60.0 Å². The van der Waals surface area contributed by atoms with Crippen molar-refractivity contribution in [1.82, 2.24) is 4.90 Å². The van der Waals surface area contributed by atoms with Crippen molar-refractivity contribution in [2.24, 2.45) is 0 Å². The molecule has 0 spiro atoms. The van der Waals surface area contributed by atoms with E-state index in [9.17, 15) is 4.79 Å². The first-order valence-electron chi connectivity index (χ1n) is 8.31. The molecule has 0 atom stereocenters. The lowest BCUT2D eigenvalue weighted by Gasteiger charge is -2.26. The van der Waals surface area contributed by atoms with Gasteiger partial charge in [0.05, 0.1) is 0 Å². The Labute approximate surface area is 129 Å². The number of ketones is 1. The Bertz CT molecular complexity index is 461. The van der Waals surface area contributed by atoms with Crippen LogP contribution in [0.5, 0.6) is 0 Å². The van der Waals surface area contributed by atoms with Gasteiger partial charge in [-0.05, 0) is 71.1 Å². The smallest absolute Gasteiger partial charge is 0.163 e. The van der Waals surface area contributed by atoms with Gasteiger partial charge >= 0.3 is 0 Å². The summed E-state index contributed by atoms with van der Waals surface area (Å²) in [4.78, 5) is 14.8. The predicted octanol–water partition coefficient (Wildman–Crippen LogP) is 4.35. The van der Waals surface area contributed by atoms with Gasteiger partial charge in [0.2, 0.25) is 0 Å². The van der Waals surface area contributed by atoms with Gasteiger partial charge in [-0.2, -0.15) is 0 Å². The van der Waals surface area contributed by atoms with Gasteiger partial charge in [0.25, 0.3) is 0 Å². The topological polar surface area (TPSA) is 20.3 Å². The lowest BCUT2D eigenvalue weighted by molar-refractivity contribution is 0.0978. The van der Waals surface area contributed by atoms with E-state index in [0.717, 1.165) is 24.0 Å². The Morgan fingerprint density at radius 1 is 1.10 bits per heavy atom. The van der Waals surface area contributed by atoms with E-state index < -0.39 is 0 Å². The molecule has 2 heteroatoms. The highest BCUT2D eigenvalue weighted by Gasteiger charge is 2.11. The van der Waals surface area contributed by atoms with E-state index in [-0.39, 0.29) is 0 Å². The zero-order valence-electron chi connectivity index (χ0n) is 13.5. The van der Waals surface area contributed by atoms with Crippen LogP contribution < -0.4 is 0 Å². The average molecular weight is 286 g/mol. The standard InChI is InChI=1S/C19H28NO/c1-16-10-11-18(17(2)15-16)19(21)9-5-3-6-12-20-13-7-4-8-14-20/h4,10-11,15H,3,5-9,12-14H2,1-2H3. The van der Waals surface area contributed by atoms with Crippen LogP contribution in [0.2, 0.25) is 0 Å². The number of piperidine rings is 1. The highest BCUT2D eigenvalue weighted by molar-refractivity contribution is 5.97. The molecule has 1 fully saturated rings. The number of Topliss-reactive ketones (excluding diaryl/α,β-unsaturated/α-hetero) is 1. The Kier molecular flexibility index (Phi) is 6.44. The fourth-order valence-electron chi connectivity index (χ4n) is 3.09. The van der Waals surface area contributed by atoms with Gasteiger partial charge in [-0.3, -0.25) is 4.79 Å². The molecule has 115 valence electrons. The van der Waals surface area contributed by atoms with Crippen LogP contribution in [-0.2, 0) is 0 Å². The molecule has 1 heterocycles. The van der Waals surface area contributed by atoms with Crippen LogP contribution in [0.4, 0.5) is 0 Å². The first kappa shape index (κ1) is 16.2. The molecule has 1 radical (unpaired) electrons. The molecule has 0 bridgehead atoms. The molecule has 0 N–H and O–H groups in total. The maximum absolute atomic E-state index is 12.2. The summed E-state index contributed by atoms with van der Waals surface area (Å²) in [5.74, 6) is 0.306. The number of unbranched alkanes of at least 4 members (excludes halogenated alkanes) is 2. The second kappa shape index (κ2) is 8.33. The number of likely N-dealkylation sites (tertiary alicyclic amines) is 1. The van der Waals surface area contributed by atoms with Crippen LogP contribution in [0, 0.1) is 20.3 Å². The molecule has 1 aliphatic rings. The number of carbonyl (C=O) groups excluding carboxylic acids is 1. The summed E-state index contributed by atoms with van der Waals surface area (Å²) in [5.41, 5.74) is 3.25. The summed E-state index contributed by atoms with van der Waals surface area (Å²) in [5, 5.41) is 0. The van der Waals surface area contributed by atoms with Crippen LogP contribution in [0.15, 0.2) is 18.2 Å². The predicted molar refractivity (Wildman–Crippen MR) is 88.7 cm³/mol. The monoisotopic (exact) mass is 286 g/mol. The molecule has 0 unspecified atom stereocenters. The largest absolute Gasteiger partial charge is 0.303 e.